The van der Waals surface area contributed by atoms with Gasteiger partial charge in [-0.3, -0.25) is 0 Å². The monoisotopic (exact) mass is 263 g/mol. The van der Waals surface area contributed by atoms with Gasteiger partial charge in [0.05, 0.1) is 16.3 Å². The molecule has 0 saturated heterocycles. The molecule has 0 aliphatic rings. The maximum absolute atomic E-state index is 13.6. The van der Waals surface area contributed by atoms with Crippen LogP contribution in [0.4, 0.5) is 4.39 Å². The van der Waals surface area contributed by atoms with Crippen molar-refractivity contribution in [1.29, 1.82) is 0 Å². The van der Waals surface area contributed by atoms with Crippen molar-refractivity contribution in [3.05, 3.63) is 51.2 Å². The van der Waals surface area contributed by atoms with E-state index in [9.17, 15) is 9.18 Å². The molecular weight excluding hydrogens is 253 g/mol. The molecule has 0 unspecified atom stereocenters. The van der Waals surface area contributed by atoms with E-state index in [-0.39, 0.29) is 5.56 Å². The van der Waals surface area contributed by atoms with Gasteiger partial charge < -0.3 is 5.11 Å². The highest BCUT2D eigenvalue weighted by Gasteiger charge is 2.06. The Morgan fingerprint density at radius 2 is 2.22 bits per heavy atom. The summed E-state index contributed by atoms with van der Waals surface area (Å²) >= 11 is 1.52. The van der Waals surface area contributed by atoms with E-state index in [1.54, 1.807) is 12.2 Å². The molecule has 1 aromatic heterocycles. The van der Waals surface area contributed by atoms with Gasteiger partial charge in [-0.25, -0.2) is 14.2 Å². The third-order valence-electron chi connectivity index (χ3n) is 2.32. The second-order valence-electron chi connectivity index (χ2n) is 3.67. The topological polar surface area (TPSA) is 50.2 Å². The second kappa shape index (κ2) is 5.10. The van der Waals surface area contributed by atoms with E-state index < -0.39 is 11.8 Å². The summed E-state index contributed by atoms with van der Waals surface area (Å²) < 4.78 is 13.6. The van der Waals surface area contributed by atoms with Crippen molar-refractivity contribution in [1.82, 2.24) is 4.98 Å². The molecule has 0 radical (unpaired) electrons. The van der Waals surface area contributed by atoms with Gasteiger partial charge >= 0.3 is 5.97 Å². The molecule has 2 aromatic rings. The van der Waals surface area contributed by atoms with Crippen LogP contribution in [0.25, 0.3) is 12.2 Å². The maximum atomic E-state index is 13.6. The Balaban J connectivity index is 2.24. The Hall–Kier alpha value is -2.01. The summed E-state index contributed by atoms with van der Waals surface area (Å²) in [6, 6.07) is 3.82. The van der Waals surface area contributed by atoms with Crippen LogP contribution in [0.15, 0.2) is 23.6 Å². The van der Waals surface area contributed by atoms with E-state index in [1.807, 2.05) is 12.3 Å². The van der Waals surface area contributed by atoms with Gasteiger partial charge in [0, 0.05) is 10.9 Å². The van der Waals surface area contributed by atoms with Gasteiger partial charge in [-0.05, 0) is 31.2 Å². The van der Waals surface area contributed by atoms with Crippen LogP contribution in [0.5, 0.6) is 0 Å². The minimum atomic E-state index is -1.14. The minimum absolute atomic E-state index is 0.0610. The SMILES string of the molecule is Cc1nc(C=Cc2ccc(C(=O)O)cc2F)cs1. The van der Waals surface area contributed by atoms with Crippen LogP contribution in [-0.4, -0.2) is 16.1 Å². The van der Waals surface area contributed by atoms with Gasteiger partial charge in [-0.2, -0.15) is 0 Å². The van der Waals surface area contributed by atoms with Crippen LogP contribution in [0.2, 0.25) is 0 Å². The summed E-state index contributed by atoms with van der Waals surface area (Å²) in [6.07, 6.45) is 3.28. The summed E-state index contributed by atoms with van der Waals surface area (Å²) in [5.74, 6) is -1.70. The van der Waals surface area contributed by atoms with Gasteiger partial charge in [0.15, 0.2) is 0 Å². The minimum Gasteiger partial charge on any atom is -0.478 e. The molecule has 0 amide bonds. The summed E-state index contributed by atoms with van der Waals surface area (Å²) in [6.45, 7) is 1.89. The largest absolute Gasteiger partial charge is 0.478 e. The highest BCUT2D eigenvalue weighted by atomic mass is 32.1. The van der Waals surface area contributed by atoms with Crippen molar-refractivity contribution in [2.24, 2.45) is 0 Å². The van der Waals surface area contributed by atoms with Crippen LogP contribution in [-0.2, 0) is 0 Å². The van der Waals surface area contributed by atoms with Crippen LogP contribution in [0.1, 0.15) is 26.6 Å². The van der Waals surface area contributed by atoms with Crippen LogP contribution in [0, 0.1) is 12.7 Å². The number of aromatic carboxylic acids is 1. The molecule has 0 bridgehead atoms. The number of hydrogen-bond acceptors (Lipinski definition) is 3. The third kappa shape index (κ3) is 2.81. The zero-order chi connectivity index (χ0) is 13.1. The molecule has 92 valence electrons. The second-order valence-corrected chi connectivity index (χ2v) is 4.73. The van der Waals surface area contributed by atoms with E-state index >= 15 is 0 Å². The normalized spacial score (nSPS) is 11.0. The van der Waals surface area contributed by atoms with Crippen LogP contribution in [0.3, 0.4) is 0 Å². The molecule has 1 aromatic carbocycles. The first-order chi connectivity index (χ1) is 8.56. The number of carboxylic acid groups (broad SMARTS) is 1. The fourth-order valence-electron chi connectivity index (χ4n) is 1.43. The van der Waals surface area contributed by atoms with E-state index in [4.69, 9.17) is 5.11 Å². The van der Waals surface area contributed by atoms with Gasteiger partial charge in [0.2, 0.25) is 0 Å². The highest BCUT2D eigenvalue weighted by molar-refractivity contribution is 7.09. The number of rotatable bonds is 3. The number of nitrogens with zero attached hydrogens (tertiary/aromatic N) is 1. The average Bonchev–Trinajstić information content (AvgIpc) is 2.73. The molecule has 0 spiro atoms. The lowest BCUT2D eigenvalue weighted by molar-refractivity contribution is 0.0696. The number of hydrogen-bond donors (Lipinski definition) is 1. The highest BCUT2D eigenvalue weighted by Crippen LogP contribution is 2.15. The molecule has 0 atom stereocenters. The first-order valence-electron chi connectivity index (χ1n) is 5.19. The van der Waals surface area contributed by atoms with Crippen molar-refractivity contribution in [2.75, 3.05) is 0 Å². The summed E-state index contributed by atoms with van der Waals surface area (Å²) in [5, 5.41) is 11.5. The Kier molecular flexibility index (Phi) is 3.53. The first kappa shape index (κ1) is 12.4. The molecule has 0 aliphatic carbocycles. The molecule has 3 nitrogen and oxygen atoms in total. The number of thiazole rings is 1. The van der Waals surface area contributed by atoms with Crippen molar-refractivity contribution in [2.45, 2.75) is 6.92 Å². The number of aromatic nitrogens is 1. The quantitative estimate of drug-likeness (QED) is 0.922. The molecule has 0 fully saturated rings. The summed E-state index contributed by atoms with van der Waals surface area (Å²) in [7, 11) is 0. The predicted octanol–water partition coefficient (Wildman–Crippen LogP) is 3.46. The molecule has 0 aliphatic heterocycles. The molecule has 1 heterocycles. The van der Waals surface area contributed by atoms with E-state index in [0.717, 1.165) is 16.8 Å². The number of benzene rings is 1. The number of carbonyl (C=O) groups is 1. The van der Waals surface area contributed by atoms with Crippen molar-refractivity contribution in [3.63, 3.8) is 0 Å². The van der Waals surface area contributed by atoms with Gasteiger partial charge in [0.1, 0.15) is 5.82 Å². The number of aryl methyl sites for hydroxylation is 1. The number of carboxylic acids is 1. The van der Waals surface area contributed by atoms with Crippen LogP contribution >= 0.6 is 11.3 Å². The molecule has 18 heavy (non-hydrogen) atoms. The number of halogens is 1. The molecule has 2 rings (SSSR count). The van der Waals surface area contributed by atoms with Crippen molar-refractivity contribution < 1.29 is 14.3 Å². The van der Waals surface area contributed by atoms with E-state index in [0.29, 0.717) is 5.56 Å². The Morgan fingerprint density at radius 1 is 1.44 bits per heavy atom. The predicted molar refractivity (Wildman–Crippen MR) is 69.1 cm³/mol. The van der Waals surface area contributed by atoms with Crippen LogP contribution < -0.4 is 0 Å². The fraction of sp³-hybridized carbons (Fsp3) is 0.0769. The molecule has 5 heteroatoms. The molecular formula is C13H10FNO2S. The lowest BCUT2D eigenvalue weighted by Gasteiger charge is -1.98. The summed E-state index contributed by atoms with van der Waals surface area (Å²) in [5.41, 5.74) is 1.04. The van der Waals surface area contributed by atoms with Crippen molar-refractivity contribution in [3.8, 4) is 0 Å². The first-order valence-corrected chi connectivity index (χ1v) is 6.07. The standard InChI is InChI=1S/C13H10FNO2S/c1-8-15-11(7-18-8)5-4-9-2-3-10(13(16)17)6-12(9)14/h2-7H,1H3,(H,16,17). The van der Waals surface area contributed by atoms with Crippen molar-refractivity contribution >= 4 is 29.5 Å². The fourth-order valence-corrected chi connectivity index (χ4v) is 2.01. The maximum Gasteiger partial charge on any atom is 0.335 e. The lowest BCUT2D eigenvalue weighted by atomic mass is 10.1. The smallest absolute Gasteiger partial charge is 0.335 e. The zero-order valence-corrected chi connectivity index (χ0v) is 10.4. The van der Waals surface area contributed by atoms with E-state index in [2.05, 4.69) is 4.98 Å². The average molecular weight is 263 g/mol. The Bertz CT molecular complexity index is 619. The van der Waals surface area contributed by atoms with Gasteiger partial charge in [-0.15, -0.1) is 11.3 Å². The summed E-state index contributed by atoms with van der Waals surface area (Å²) in [4.78, 5) is 14.9. The molecule has 0 saturated carbocycles. The zero-order valence-electron chi connectivity index (χ0n) is 9.55. The van der Waals surface area contributed by atoms with Gasteiger partial charge in [-0.1, -0.05) is 6.07 Å². The Labute approximate surface area is 107 Å². The van der Waals surface area contributed by atoms with E-state index in [1.165, 1.54) is 23.5 Å². The lowest BCUT2D eigenvalue weighted by Crippen LogP contribution is -1.97. The Morgan fingerprint density at radius 3 is 2.78 bits per heavy atom. The third-order valence-corrected chi connectivity index (χ3v) is 3.11. The van der Waals surface area contributed by atoms with Gasteiger partial charge in [0.25, 0.3) is 0 Å². The molecule has 1 N–H and O–H groups in total.